The lowest BCUT2D eigenvalue weighted by Gasteiger charge is -2.35. The molecule has 1 aliphatic rings. The predicted octanol–water partition coefficient (Wildman–Crippen LogP) is 5.04. The molecule has 0 spiro atoms. The molecular formula is C26H38N4O. The lowest BCUT2D eigenvalue weighted by molar-refractivity contribution is 0.143. The van der Waals surface area contributed by atoms with Crippen LogP contribution in [0.3, 0.4) is 0 Å². The van der Waals surface area contributed by atoms with Gasteiger partial charge in [-0.15, -0.1) is 0 Å². The Bertz CT molecular complexity index is 842. The Kier molecular flexibility index (Phi) is 8.10. The van der Waals surface area contributed by atoms with Gasteiger partial charge in [-0.2, -0.15) is 0 Å². The van der Waals surface area contributed by atoms with Crippen molar-refractivity contribution in [2.24, 2.45) is 0 Å². The van der Waals surface area contributed by atoms with Crippen molar-refractivity contribution in [3.63, 3.8) is 0 Å². The highest BCUT2D eigenvalue weighted by Crippen LogP contribution is 2.28. The summed E-state index contributed by atoms with van der Waals surface area (Å²) in [4.78, 5) is 17.8. The highest BCUT2D eigenvalue weighted by Gasteiger charge is 2.22. The van der Waals surface area contributed by atoms with E-state index in [9.17, 15) is 4.79 Å². The molecule has 1 fully saturated rings. The van der Waals surface area contributed by atoms with E-state index in [2.05, 4.69) is 79.4 Å². The van der Waals surface area contributed by atoms with E-state index in [4.69, 9.17) is 0 Å². The number of anilines is 1. The van der Waals surface area contributed by atoms with Crippen molar-refractivity contribution in [2.75, 3.05) is 45.1 Å². The smallest absolute Gasteiger partial charge is 0.319 e. The summed E-state index contributed by atoms with van der Waals surface area (Å²) in [6, 6.07) is 16.5. The molecule has 0 aromatic heterocycles. The number of carbonyl (C=O) groups is 1. The normalized spacial score (nSPS) is 16.5. The number of hydrogen-bond donors (Lipinski definition) is 2. The molecule has 1 atom stereocenters. The van der Waals surface area contributed by atoms with Gasteiger partial charge in [0.25, 0.3) is 0 Å². The van der Waals surface area contributed by atoms with E-state index in [1.165, 1.54) is 11.1 Å². The van der Waals surface area contributed by atoms with Crippen molar-refractivity contribution >= 4 is 11.7 Å². The monoisotopic (exact) mass is 422 g/mol. The van der Waals surface area contributed by atoms with Crippen LogP contribution in [0.2, 0.25) is 0 Å². The van der Waals surface area contributed by atoms with Crippen LogP contribution in [0.15, 0.2) is 48.5 Å². The fourth-order valence-corrected chi connectivity index (χ4v) is 4.06. The molecule has 31 heavy (non-hydrogen) atoms. The van der Waals surface area contributed by atoms with Crippen molar-refractivity contribution < 1.29 is 4.79 Å². The molecule has 2 amide bonds. The average Bonchev–Trinajstić information content (AvgIpc) is 2.75. The van der Waals surface area contributed by atoms with Gasteiger partial charge in [-0.05, 0) is 41.6 Å². The fourth-order valence-electron chi connectivity index (χ4n) is 4.06. The van der Waals surface area contributed by atoms with Crippen LogP contribution in [-0.2, 0) is 0 Å². The third kappa shape index (κ3) is 6.55. The first-order valence-electron chi connectivity index (χ1n) is 11.5. The molecule has 2 aromatic rings. The van der Waals surface area contributed by atoms with Gasteiger partial charge in [0, 0.05) is 38.4 Å². The highest BCUT2D eigenvalue weighted by molar-refractivity contribution is 5.90. The number of nitrogens with one attached hydrogen (secondary N) is 2. The summed E-state index contributed by atoms with van der Waals surface area (Å²) >= 11 is 0. The summed E-state index contributed by atoms with van der Waals surface area (Å²) in [5.74, 6) is 0.802. The lowest BCUT2D eigenvalue weighted by atomic mass is 9.94. The quantitative estimate of drug-likeness (QED) is 0.657. The molecule has 1 aliphatic heterocycles. The lowest BCUT2D eigenvalue weighted by Crippen LogP contribution is -2.48. The van der Waals surface area contributed by atoms with Gasteiger partial charge in [0.05, 0.1) is 6.04 Å². The third-order valence-corrected chi connectivity index (χ3v) is 6.16. The Hall–Kier alpha value is -2.37. The molecule has 168 valence electrons. The minimum absolute atomic E-state index is 0.0537. The van der Waals surface area contributed by atoms with Gasteiger partial charge in [0.15, 0.2) is 0 Å². The zero-order valence-corrected chi connectivity index (χ0v) is 19.7. The van der Waals surface area contributed by atoms with Crippen molar-refractivity contribution in [1.82, 2.24) is 15.1 Å². The Morgan fingerprint density at radius 3 is 2.19 bits per heavy atom. The van der Waals surface area contributed by atoms with Crippen molar-refractivity contribution in [1.29, 1.82) is 0 Å². The fraction of sp³-hybridized carbons (Fsp3) is 0.500. The average molecular weight is 423 g/mol. The van der Waals surface area contributed by atoms with E-state index < -0.39 is 0 Å². The highest BCUT2D eigenvalue weighted by atomic mass is 16.2. The van der Waals surface area contributed by atoms with Crippen LogP contribution >= 0.6 is 0 Å². The summed E-state index contributed by atoms with van der Waals surface area (Å²) < 4.78 is 0. The number of hydrogen-bond acceptors (Lipinski definition) is 3. The van der Waals surface area contributed by atoms with Crippen molar-refractivity contribution in [3.05, 3.63) is 65.2 Å². The number of piperazine rings is 1. The van der Waals surface area contributed by atoms with Crippen molar-refractivity contribution in [2.45, 2.75) is 45.6 Å². The van der Waals surface area contributed by atoms with Crippen LogP contribution in [0, 0.1) is 0 Å². The molecule has 5 nitrogen and oxygen atoms in total. The summed E-state index contributed by atoms with van der Waals surface area (Å²) in [7, 11) is 2.16. The maximum Gasteiger partial charge on any atom is 0.319 e. The zero-order valence-electron chi connectivity index (χ0n) is 19.7. The molecule has 1 saturated heterocycles. The number of likely N-dealkylation sites (N-methyl/N-ethyl adjacent to an activating group) is 1. The molecule has 1 unspecified atom stereocenters. The molecule has 1 heterocycles. The van der Waals surface area contributed by atoms with E-state index in [-0.39, 0.29) is 12.1 Å². The van der Waals surface area contributed by atoms with Crippen LogP contribution in [0.5, 0.6) is 0 Å². The van der Waals surface area contributed by atoms with Gasteiger partial charge < -0.3 is 15.5 Å². The number of nitrogens with zero attached hydrogens (tertiary/aromatic N) is 2. The SMILES string of the molecule is CC(C)c1ccc(NC(=O)NC(CN2CCN(C)CC2)c2ccccc2)c(C(C)C)c1. The topological polar surface area (TPSA) is 47.6 Å². The minimum Gasteiger partial charge on any atom is -0.330 e. The Balaban J connectivity index is 1.73. The van der Waals surface area contributed by atoms with E-state index in [0.29, 0.717) is 11.8 Å². The molecular weight excluding hydrogens is 384 g/mol. The maximum atomic E-state index is 13.0. The first kappa shape index (κ1) is 23.3. The van der Waals surface area contributed by atoms with Crippen molar-refractivity contribution in [3.8, 4) is 0 Å². The number of benzene rings is 2. The summed E-state index contributed by atoms with van der Waals surface area (Å²) in [6.45, 7) is 13.7. The van der Waals surface area contributed by atoms with E-state index in [1.807, 2.05) is 24.3 Å². The standard InChI is InChI=1S/C26H38N4O/c1-19(2)22-11-12-24(23(17-22)20(3)4)27-26(31)28-25(21-9-7-6-8-10-21)18-30-15-13-29(5)14-16-30/h6-12,17,19-20,25H,13-16,18H2,1-5H3,(H2,27,28,31). The van der Waals surface area contributed by atoms with Crippen LogP contribution in [0.1, 0.15) is 62.3 Å². The summed E-state index contributed by atoms with van der Waals surface area (Å²) in [5, 5.41) is 6.36. The van der Waals surface area contributed by atoms with Gasteiger partial charge in [0.1, 0.15) is 0 Å². The Morgan fingerprint density at radius 1 is 0.903 bits per heavy atom. The van der Waals surface area contributed by atoms with Gasteiger partial charge in [-0.1, -0.05) is 70.2 Å². The molecule has 0 saturated carbocycles. The van der Waals surface area contributed by atoms with Crippen LogP contribution < -0.4 is 10.6 Å². The second kappa shape index (κ2) is 10.8. The third-order valence-electron chi connectivity index (χ3n) is 6.16. The first-order chi connectivity index (χ1) is 14.8. The summed E-state index contributed by atoms with van der Waals surface area (Å²) in [6.07, 6.45) is 0. The predicted molar refractivity (Wildman–Crippen MR) is 130 cm³/mol. The largest absolute Gasteiger partial charge is 0.330 e. The number of carbonyl (C=O) groups excluding carboxylic acids is 1. The maximum absolute atomic E-state index is 13.0. The van der Waals surface area contributed by atoms with Gasteiger partial charge in [-0.25, -0.2) is 4.79 Å². The second-order valence-corrected chi connectivity index (χ2v) is 9.32. The van der Waals surface area contributed by atoms with Gasteiger partial charge >= 0.3 is 6.03 Å². The Morgan fingerprint density at radius 2 is 1.58 bits per heavy atom. The number of urea groups is 1. The zero-order chi connectivity index (χ0) is 22.4. The van der Waals surface area contributed by atoms with E-state index in [1.54, 1.807) is 0 Å². The molecule has 5 heteroatoms. The van der Waals surface area contributed by atoms with E-state index in [0.717, 1.165) is 44.0 Å². The molecule has 3 rings (SSSR count). The van der Waals surface area contributed by atoms with Crippen LogP contribution in [0.25, 0.3) is 0 Å². The van der Waals surface area contributed by atoms with E-state index >= 15 is 0 Å². The summed E-state index contributed by atoms with van der Waals surface area (Å²) in [5.41, 5.74) is 4.50. The van der Waals surface area contributed by atoms with Gasteiger partial charge in [-0.3, -0.25) is 4.90 Å². The number of amides is 2. The molecule has 0 aliphatic carbocycles. The van der Waals surface area contributed by atoms with Crippen LogP contribution in [-0.4, -0.2) is 55.6 Å². The Labute approximate surface area is 187 Å². The second-order valence-electron chi connectivity index (χ2n) is 9.32. The molecule has 0 radical (unpaired) electrons. The first-order valence-corrected chi connectivity index (χ1v) is 11.5. The molecule has 2 aromatic carbocycles. The molecule has 0 bridgehead atoms. The minimum atomic E-state index is -0.151. The number of rotatable bonds is 7. The molecule has 2 N–H and O–H groups in total. The van der Waals surface area contributed by atoms with Gasteiger partial charge in [0.2, 0.25) is 0 Å². The van der Waals surface area contributed by atoms with Crippen LogP contribution in [0.4, 0.5) is 10.5 Å².